The van der Waals surface area contributed by atoms with E-state index in [4.69, 9.17) is 4.74 Å². The van der Waals surface area contributed by atoms with Crippen LogP contribution < -0.4 is 20.7 Å². The number of halogens is 1. The minimum absolute atomic E-state index is 0.0505. The Bertz CT molecular complexity index is 936. The topological polar surface area (TPSA) is 109 Å². The van der Waals surface area contributed by atoms with E-state index in [0.29, 0.717) is 5.69 Å². The Morgan fingerprint density at radius 1 is 1.21 bits per heavy atom. The molecule has 0 aliphatic heterocycles. The van der Waals surface area contributed by atoms with E-state index in [1.165, 1.54) is 18.3 Å². The third-order valence-corrected chi connectivity index (χ3v) is 5.35. The predicted octanol–water partition coefficient (Wildman–Crippen LogP) is 2.92. The number of hydrogen-bond acceptors (Lipinski definition) is 6. The maximum absolute atomic E-state index is 13.9. The first kappa shape index (κ1) is 22.6. The van der Waals surface area contributed by atoms with Crippen LogP contribution in [0.15, 0.2) is 36.5 Å². The Balaban J connectivity index is 1.92. The van der Waals surface area contributed by atoms with Crippen LogP contribution in [0.5, 0.6) is 5.75 Å². The van der Waals surface area contributed by atoms with Crippen LogP contribution in [0.25, 0.3) is 0 Å². The van der Waals surface area contributed by atoms with Crippen molar-refractivity contribution in [2.24, 2.45) is 0 Å². The number of nitrogens with zero attached hydrogens (tertiary/aromatic N) is 1. The summed E-state index contributed by atoms with van der Waals surface area (Å²) in [5, 5.41) is 7.94. The Labute approximate surface area is 169 Å². The van der Waals surface area contributed by atoms with Crippen molar-refractivity contribution in [1.82, 2.24) is 10.3 Å². The van der Waals surface area contributed by atoms with Gasteiger partial charge in [-0.25, -0.2) is 17.6 Å². The maximum atomic E-state index is 13.9. The molecule has 2 amide bonds. The van der Waals surface area contributed by atoms with Gasteiger partial charge in [-0.2, -0.15) is 0 Å². The van der Waals surface area contributed by atoms with Crippen molar-refractivity contribution < 1.29 is 22.3 Å². The van der Waals surface area contributed by atoms with Gasteiger partial charge in [-0.05, 0) is 32.0 Å². The molecule has 0 saturated carbocycles. The zero-order chi connectivity index (χ0) is 21.4. The van der Waals surface area contributed by atoms with Gasteiger partial charge in [-0.1, -0.05) is 6.92 Å². The molecule has 8 nitrogen and oxygen atoms in total. The minimum Gasteiger partial charge on any atom is -0.489 e. The molecule has 0 saturated heterocycles. The predicted molar refractivity (Wildman–Crippen MR) is 110 cm³/mol. The highest BCUT2D eigenvalue weighted by atomic mass is 32.2. The molecule has 1 aromatic heterocycles. The van der Waals surface area contributed by atoms with E-state index in [1.54, 1.807) is 26.0 Å². The molecular weight excluding hydrogens is 399 g/mol. The van der Waals surface area contributed by atoms with E-state index in [0.717, 1.165) is 11.8 Å². The largest absolute Gasteiger partial charge is 0.489 e. The van der Waals surface area contributed by atoms with Gasteiger partial charge in [0.15, 0.2) is 9.84 Å². The van der Waals surface area contributed by atoms with Crippen molar-refractivity contribution >= 4 is 27.2 Å². The summed E-state index contributed by atoms with van der Waals surface area (Å²) in [7, 11) is -3.13. The van der Waals surface area contributed by atoms with Crippen LogP contribution in [0.4, 0.5) is 20.6 Å². The Hall–Kier alpha value is -2.72. The molecule has 3 N–H and O–H groups in total. The average molecular weight is 424 g/mol. The molecule has 0 aliphatic rings. The number of pyridine rings is 1. The molecule has 0 radical (unpaired) electrons. The van der Waals surface area contributed by atoms with Crippen LogP contribution in [0.3, 0.4) is 0 Å². The number of rotatable bonds is 9. The number of urea groups is 1. The van der Waals surface area contributed by atoms with Gasteiger partial charge < -0.3 is 20.7 Å². The normalized spacial score (nSPS) is 12.3. The molecule has 2 rings (SSSR count). The fourth-order valence-electron chi connectivity index (χ4n) is 2.33. The van der Waals surface area contributed by atoms with Gasteiger partial charge >= 0.3 is 6.03 Å². The number of carbonyl (C=O) groups excluding carboxylic acids is 1. The molecule has 1 atom stereocenters. The zero-order valence-electron chi connectivity index (χ0n) is 16.5. The zero-order valence-corrected chi connectivity index (χ0v) is 17.3. The second kappa shape index (κ2) is 10.2. The fraction of sp³-hybridized carbons (Fsp3) is 0.368. The fourth-order valence-corrected chi connectivity index (χ4v) is 2.96. The number of aryl methyl sites for hydroxylation is 1. The highest BCUT2D eigenvalue weighted by molar-refractivity contribution is 7.91. The average Bonchev–Trinajstić information content (AvgIpc) is 2.63. The first-order valence-electron chi connectivity index (χ1n) is 9.06. The summed E-state index contributed by atoms with van der Waals surface area (Å²) < 4.78 is 42.5. The van der Waals surface area contributed by atoms with Crippen molar-refractivity contribution in [3.05, 3.63) is 48.0 Å². The van der Waals surface area contributed by atoms with Crippen molar-refractivity contribution in [3.8, 4) is 5.75 Å². The number of sulfone groups is 1. The Morgan fingerprint density at radius 2 is 1.93 bits per heavy atom. The van der Waals surface area contributed by atoms with Gasteiger partial charge in [-0.3, -0.25) is 4.98 Å². The van der Waals surface area contributed by atoms with Crippen LogP contribution in [-0.4, -0.2) is 43.7 Å². The number of amides is 2. The summed E-state index contributed by atoms with van der Waals surface area (Å²) in [4.78, 5) is 16.2. The smallest absolute Gasteiger partial charge is 0.323 e. The van der Waals surface area contributed by atoms with Crippen LogP contribution in [0.1, 0.15) is 19.5 Å². The molecule has 1 aromatic carbocycles. The highest BCUT2D eigenvalue weighted by Gasteiger charge is 2.11. The quantitative estimate of drug-likeness (QED) is 0.571. The number of aromatic nitrogens is 1. The third-order valence-electron chi connectivity index (χ3n) is 3.83. The van der Waals surface area contributed by atoms with E-state index >= 15 is 0 Å². The van der Waals surface area contributed by atoms with Crippen molar-refractivity contribution in [2.45, 2.75) is 26.9 Å². The Kier molecular flexibility index (Phi) is 7.91. The molecule has 10 heteroatoms. The third kappa shape index (κ3) is 8.04. The number of hydrogen-bond donors (Lipinski definition) is 3. The highest BCUT2D eigenvalue weighted by Crippen LogP contribution is 2.21. The van der Waals surface area contributed by atoms with Gasteiger partial charge in [-0.15, -0.1) is 0 Å². The summed E-state index contributed by atoms with van der Waals surface area (Å²) in [6.45, 7) is 5.39. The number of anilines is 2. The lowest BCUT2D eigenvalue weighted by atomic mass is 10.3. The van der Waals surface area contributed by atoms with Gasteiger partial charge in [0.25, 0.3) is 0 Å². The minimum atomic E-state index is -3.13. The number of benzene rings is 1. The molecule has 2 aromatic rings. The van der Waals surface area contributed by atoms with E-state index in [1.807, 2.05) is 6.92 Å². The summed E-state index contributed by atoms with van der Waals surface area (Å²) in [6, 6.07) is 6.74. The molecule has 0 spiro atoms. The molecule has 0 fully saturated rings. The SMILES string of the molecule is CCS(=O)(=O)CNC[C@@H](C)Oc1cc(F)cc(NC(=O)Nc2ccc(C)nc2)c1. The number of carbonyl (C=O) groups is 1. The molecule has 0 bridgehead atoms. The first-order chi connectivity index (χ1) is 13.7. The lowest BCUT2D eigenvalue weighted by molar-refractivity contribution is 0.219. The number of nitrogens with one attached hydrogen (secondary N) is 3. The van der Waals surface area contributed by atoms with Crippen molar-refractivity contribution in [2.75, 3.05) is 28.8 Å². The second-order valence-electron chi connectivity index (χ2n) is 6.50. The standard InChI is InChI=1S/C19H25FN4O4S/c1-4-29(26,27)12-21-10-14(3)28-18-8-15(20)7-17(9-18)24-19(25)23-16-6-5-13(2)22-11-16/h5-9,11,14,21H,4,10,12H2,1-3H3,(H2,23,24,25)/t14-/m1/s1. The van der Waals surface area contributed by atoms with Crippen molar-refractivity contribution in [3.63, 3.8) is 0 Å². The Morgan fingerprint density at radius 3 is 2.59 bits per heavy atom. The van der Waals surface area contributed by atoms with Crippen LogP contribution in [-0.2, 0) is 9.84 Å². The van der Waals surface area contributed by atoms with Crippen molar-refractivity contribution in [1.29, 1.82) is 0 Å². The van der Waals surface area contributed by atoms with Gasteiger partial charge in [0, 0.05) is 35.8 Å². The summed E-state index contributed by atoms with van der Waals surface area (Å²) in [6.07, 6.45) is 1.10. The molecule has 29 heavy (non-hydrogen) atoms. The molecule has 0 aliphatic carbocycles. The van der Waals surface area contributed by atoms with Crippen LogP contribution in [0, 0.1) is 12.7 Å². The van der Waals surface area contributed by atoms with E-state index < -0.39 is 27.8 Å². The van der Waals surface area contributed by atoms with Gasteiger partial charge in [0.1, 0.15) is 17.7 Å². The van der Waals surface area contributed by atoms with E-state index in [9.17, 15) is 17.6 Å². The van der Waals surface area contributed by atoms with Crippen LogP contribution >= 0.6 is 0 Å². The van der Waals surface area contributed by atoms with E-state index in [-0.39, 0.29) is 29.6 Å². The molecule has 0 unspecified atom stereocenters. The molecular formula is C19H25FN4O4S. The summed E-state index contributed by atoms with van der Waals surface area (Å²) in [5.41, 5.74) is 1.53. The molecule has 1 heterocycles. The van der Waals surface area contributed by atoms with E-state index in [2.05, 4.69) is 20.9 Å². The first-order valence-corrected chi connectivity index (χ1v) is 10.9. The van der Waals surface area contributed by atoms with Gasteiger partial charge in [0.2, 0.25) is 0 Å². The lowest BCUT2D eigenvalue weighted by Gasteiger charge is -2.16. The summed E-state index contributed by atoms with van der Waals surface area (Å²) >= 11 is 0. The van der Waals surface area contributed by atoms with Crippen LogP contribution in [0.2, 0.25) is 0 Å². The summed E-state index contributed by atoms with van der Waals surface area (Å²) in [5.74, 6) is -0.468. The monoisotopic (exact) mass is 424 g/mol. The van der Waals surface area contributed by atoms with Gasteiger partial charge in [0.05, 0.1) is 17.8 Å². The molecule has 158 valence electrons. The maximum Gasteiger partial charge on any atom is 0.323 e. The number of ether oxygens (including phenoxy) is 1. The lowest BCUT2D eigenvalue weighted by Crippen LogP contribution is -2.33. The second-order valence-corrected chi connectivity index (χ2v) is 8.86.